The maximum absolute atomic E-state index is 12.9. The Morgan fingerprint density at radius 1 is 1.09 bits per heavy atom. The molecule has 0 spiro atoms. The number of amides is 1. The molecule has 7 nitrogen and oxygen atoms in total. The van der Waals surface area contributed by atoms with Gasteiger partial charge in [0.05, 0.1) is 15.6 Å². The fourth-order valence-corrected chi connectivity index (χ4v) is 5.64. The van der Waals surface area contributed by atoms with Gasteiger partial charge in [-0.25, -0.2) is 13.4 Å². The summed E-state index contributed by atoms with van der Waals surface area (Å²) in [5.74, 6) is 0.562. The van der Waals surface area contributed by atoms with Crippen molar-refractivity contribution in [1.29, 1.82) is 0 Å². The number of benzene rings is 2. The molecule has 1 amide bonds. The number of aryl methyl sites for hydroxylation is 2. The molecular weight excluding hydrogens is 470 g/mol. The lowest BCUT2D eigenvalue weighted by Crippen LogP contribution is -2.50. The van der Waals surface area contributed by atoms with Crippen LogP contribution in [0.2, 0.25) is 0 Å². The van der Waals surface area contributed by atoms with Crippen molar-refractivity contribution in [3.05, 3.63) is 81.8 Å². The number of thiazole rings is 1. The fourth-order valence-electron chi connectivity index (χ4n) is 3.62. The Balaban J connectivity index is 1.31. The Hall–Kier alpha value is -3.01. The van der Waals surface area contributed by atoms with Crippen molar-refractivity contribution in [2.24, 2.45) is 0 Å². The van der Waals surface area contributed by atoms with E-state index in [0.717, 1.165) is 21.8 Å². The minimum absolute atomic E-state index is 0.142. The van der Waals surface area contributed by atoms with Gasteiger partial charge < -0.3 is 9.64 Å². The number of hydrogen-bond donors (Lipinski definition) is 0. The van der Waals surface area contributed by atoms with Crippen LogP contribution in [0, 0.1) is 13.8 Å². The Kier molecular flexibility index (Phi) is 7.45. The van der Waals surface area contributed by atoms with Gasteiger partial charge in [-0.15, -0.1) is 11.3 Å². The predicted molar refractivity (Wildman–Crippen MR) is 133 cm³/mol. The number of carbonyl (C=O) groups excluding carboxylic acids is 1. The standard InChI is InChI=1S/C25H27N3O4S2/c1-19-6-9-24(10-7-19)34(30,31)28-14-12-27(13-15-28)25(29)11-8-21-4-3-5-23(16-21)32-17-22-18-33-20(2)26-22/h3-11,16,18H,12-15,17H2,1-2H3/b11-8+. The zero-order valence-electron chi connectivity index (χ0n) is 19.2. The largest absolute Gasteiger partial charge is 0.487 e. The number of nitrogens with zero attached hydrogens (tertiary/aromatic N) is 3. The van der Waals surface area contributed by atoms with Crippen LogP contribution in [0.3, 0.4) is 0 Å². The van der Waals surface area contributed by atoms with Crippen LogP contribution in [0.4, 0.5) is 0 Å². The third-order valence-corrected chi connectivity index (χ3v) is 8.27. The normalized spacial score (nSPS) is 15.1. The molecule has 4 rings (SSSR count). The van der Waals surface area contributed by atoms with Crippen LogP contribution >= 0.6 is 11.3 Å². The molecule has 178 valence electrons. The van der Waals surface area contributed by atoms with E-state index < -0.39 is 10.0 Å². The van der Waals surface area contributed by atoms with Crippen LogP contribution in [0.5, 0.6) is 5.75 Å². The summed E-state index contributed by atoms with van der Waals surface area (Å²) in [6.07, 6.45) is 3.27. The molecule has 1 saturated heterocycles. The van der Waals surface area contributed by atoms with E-state index in [1.54, 1.807) is 46.6 Å². The van der Waals surface area contributed by atoms with Crippen LogP contribution in [-0.4, -0.2) is 54.7 Å². The van der Waals surface area contributed by atoms with Gasteiger partial charge in [-0.1, -0.05) is 29.8 Å². The minimum Gasteiger partial charge on any atom is -0.487 e. The number of carbonyl (C=O) groups is 1. The molecule has 2 aromatic carbocycles. The summed E-state index contributed by atoms with van der Waals surface area (Å²) in [6, 6.07) is 14.3. The quantitative estimate of drug-likeness (QED) is 0.463. The van der Waals surface area contributed by atoms with E-state index in [0.29, 0.717) is 25.4 Å². The number of rotatable bonds is 7. The van der Waals surface area contributed by atoms with Gasteiger partial charge in [0.15, 0.2) is 0 Å². The first-order valence-electron chi connectivity index (χ1n) is 11.0. The van der Waals surface area contributed by atoms with E-state index in [4.69, 9.17) is 4.74 Å². The maximum atomic E-state index is 12.9. The molecule has 2 heterocycles. The first kappa shape index (κ1) is 24.1. The SMILES string of the molecule is Cc1ccc(S(=O)(=O)N2CCN(C(=O)/C=C/c3cccc(OCc4csc(C)n4)c3)CC2)cc1. The summed E-state index contributed by atoms with van der Waals surface area (Å²) in [7, 11) is -3.55. The Bertz CT molecular complexity index is 1280. The van der Waals surface area contributed by atoms with Gasteiger partial charge in [-0.2, -0.15) is 4.31 Å². The third kappa shape index (κ3) is 5.91. The van der Waals surface area contributed by atoms with E-state index in [-0.39, 0.29) is 23.9 Å². The minimum atomic E-state index is -3.55. The van der Waals surface area contributed by atoms with Gasteiger partial charge in [-0.05, 0) is 49.8 Å². The highest BCUT2D eigenvalue weighted by Gasteiger charge is 2.29. The lowest BCUT2D eigenvalue weighted by atomic mass is 10.2. The van der Waals surface area contributed by atoms with E-state index in [9.17, 15) is 13.2 Å². The second kappa shape index (κ2) is 10.5. The molecule has 0 N–H and O–H groups in total. The van der Waals surface area contributed by atoms with Crippen molar-refractivity contribution in [3.63, 3.8) is 0 Å². The first-order chi connectivity index (χ1) is 16.3. The smallest absolute Gasteiger partial charge is 0.246 e. The lowest BCUT2D eigenvalue weighted by molar-refractivity contribution is -0.127. The molecule has 0 bridgehead atoms. The average Bonchev–Trinajstić information content (AvgIpc) is 3.27. The van der Waals surface area contributed by atoms with Crippen molar-refractivity contribution in [2.75, 3.05) is 26.2 Å². The van der Waals surface area contributed by atoms with Gasteiger partial charge in [0.25, 0.3) is 0 Å². The van der Waals surface area contributed by atoms with E-state index in [2.05, 4.69) is 4.98 Å². The Labute approximate surface area is 204 Å². The number of piperazine rings is 1. The van der Waals surface area contributed by atoms with Gasteiger partial charge in [0.2, 0.25) is 15.9 Å². The molecule has 1 aromatic heterocycles. The van der Waals surface area contributed by atoms with Crippen LogP contribution in [0.1, 0.15) is 21.8 Å². The first-order valence-corrected chi connectivity index (χ1v) is 13.3. The third-order valence-electron chi connectivity index (χ3n) is 5.54. The van der Waals surface area contributed by atoms with Crippen LogP contribution in [0.25, 0.3) is 6.08 Å². The summed E-state index contributed by atoms with van der Waals surface area (Å²) in [5.41, 5.74) is 2.75. The van der Waals surface area contributed by atoms with Gasteiger partial charge in [0, 0.05) is 37.6 Å². The molecule has 0 aliphatic carbocycles. The molecule has 34 heavy (non-hydrogen) atoms. The Morgan fingerprint density at radius 3 is 2.50 bits per heavy atom. The van der Waals surface area contributed by atoms with Gasteiger partial charge >= 0.3 is 0 Å². The van der Waals surface area contributed by atoms with Gasteiger partial charge in [-0.3, -0.25) is 4.79 Å². The summed E-state index contributed by atoms with van der Waals surface area (Å²) in [4.78, 5) is 19.0. The zero-order chi connectivity index (χ0) is 24.1. The highest BCUT2D eigenvalue weighted by atomic mass is 32.2. The molecule has 0 unspecified atom stereocenters. The predicted octanol–water partition coefficient (Wildman–Crippen LogP) is 3.89. The van der Waals surface area contributed by atoms with Gasteiger partial charge in [0.1, 0.15) is 12.4 Å². The monoisotopic (exact) mass is 497 g/mol. The van der Waals surface area contributed by atoms with Crippen LogP contribution in [0.15, 0.2) is 64.9 Å². The molecule has 0 saturated carbocycles. The van der Waals surface area contributed by atoms with Crippen molar-refractivity contribution in [2.45, 2.75) is 25.3 Å². The molecular formula is C25H27N3O4S2. The summed E-state index contributed by atoms with van der Waals surface area (Å²) in [6.45, 7) is 5.52. The molecule has 1 aliphatic rings. The molecule has 9 heteroatoms. The summed E-state index contributed by atoms with van der Waals surface area (Å²) in [5, 5.41) is 2.98. The number of hydrogen-bond acceptors (Lipinski definition) is 6. The summed E-state index contributed by atoms with van der Waals surface area (Å²) < 4.78 is 33.0. The fraction of sp³-hybridized carbons (Fsp3) is 0.280. The van der Waals surface area contributed by atoms with Crippen molar-refractivity contribution in [3.8, 4) is 5.75 Å². The number of aromatic nitrogens is 1. The highest BCUT2D eigenvalue weighted by molar-refractivity contribution is 7.89. The summed E-state index contributed by atoms with van der Waals surface area (Å²) >= 11 is 1.59. The molecule has 1 aliphatic heterocycles. The number of sulfonamides is 1. The van der Waals surface area contributed by atoms with Crippen LogP contribution in [-0.2, 0) is 21.4 Å². The molecule has 0 atom stereocenters. The van der Waals surface area contributed by atoms with Crippen molar-refractivity contribution in [1.82, 2.24) is 14.2 Å². The second-order valence-corrected chi connectivity index (χ2v) is 11.1. The number of ether oxygens (including phenoxy) is 1. The van der Waals surface area contributed by atoms with E-state index >= 15 is 0 Å². The molecule has 0 radical (unpaired) electrons. The van der Waals surface area contributed by atoms with E-state index in [1.165, 1.54) is 10.4 Å². The lowest BCUT2D eigenvalue weighted by Gasteiger charge is -2.33. The maximum Gasteiger partial charge on any atom is 0.246 e. The highest BCUT2D eigenvalue weighted by Crippen LogP contribution is 2.20. The van der Waals surface area contributed by atoms with Crippen molar-refractivity contribution >= 4 is 33.3 Å². The average molecular weight is 498 g/mol. The molecule has 1 fully saturated rings. The topological polar surface area (TPSA) is 79.8 Å². The molecule has 3 aromatic rings. The Morgan fingerprint density at radius 2 is 1.82 bits per heavy atom. The van der Waals surface area contributed by atoms with Crippen molar-refractivity contribution < 1.29 is 17.9 Å². The van der Waals surface area contributed by atoms with Crippen LogP contribution < -0.4 is 4.74 Å². The van der Waals surface area contributed by atoms with E-state index in [1.807, 2.05) is 43.5 Å². The second-order valence-electron chi connectivity index (χ2n) is 8.09. The zero-order valence-corrected chi connectivity index (χ0v) is 20.8.